The van der Waals surface area contributed by atoms with Gasteiger partial charge in [-0.05, 0) is 39.7 Å². The van der Waals surface area contributed by atoms with Crippen LogP contribution >= 0.6 is 15.9 Å². The van der Waals surface area contributed by atoms with E-state index in [2.05, 4.69) is 15.9 Å². The van der Waals surface area contributed by atoms with E-state index in [1.807, 2.05) is 0 Å². The van der Waals surface area contributed by atoms with Gasteiger partial charge in [0.05, 0.1) is 9.41 Å². The van der Waals surface area contributed by atoms with Crippen LogP contribution in [0.5, 0.6) is 11.5 Å². The highest BCUT2D eigenvalue weighted by atomic mass is 79.9. The zero-order chi connectivity index (χ0) is 10.8. The van der Waals surface area contributed by atoms with Gasteiger partial charge >= 0.3 is 0 Å². The molecule has 0 unspecified atom stereocenters. The molecule has 0 atom stereocenters. The van der Waals surface area contributed by atoms with Gasteiger partial charge in [-0.15, -0.1) is 0 Å². The van der Waals surface area contributed by atoms with E-state index in [0.717, 1.165) is 6.20 Å². The van der Waals surface area contributed by atoms with Crippen molar-refractivity contribution in [1.29, 1.82) is 0 Å². The molecule has 0 aromatic heterocycles. The zero-order valence-electron chi connectivity index (χ0n) is 7.47. The maximum absolute atomic E-state index is 10.3. The molecular formula is C9H6BrNO4. The van der Waals surface area contributed by atoms with Gasteiger partial charge in [0.2, 0.25) is 13.0 Å². The van der Waals surface area contributed by atoms with Crippen LogP contribution in [0.4, 0.5) is 0 Å². The first kappa shape index (κ1) is 9.97. The first-order chi connectivity index (χ1) is 7.16. The Labute approximate surface area is 93.6 Å². The molecule has 0 saturated heterocycles. The molecule has 0 radical (unpaired) electrons. The molecule has 1 aromatic carbocycles. The number of hydrogen-bond acceptors (Lipinski definition) is 4. The number of hydrogen-bond donors (Lipinski definition) is 0. The van der Waals surface area contributed by atoms with Crippen molar-refractivity contribution in [3.05, 3.63) is 40.1 Å². The molecule has 1 heterocycles. The summed E-state index contributed by atoms with van der Waals surface area (Å²) in [5, 5.41) is 10.3. The van der Waals surface area contributed by atoms with Crippen LogP contribution in [0.3, 0.4) is 0 Å². The lowest BCUT2D eigenvalue weighted by Gasteiger charge is -1.99. The lowest BCUT2D eigenvalue weighted by Crippen LogP contribution is -1.92. The van der Waals surface area contributed by atoms with Gasteiger partial charge in [0.1, 0.15) is 0 Å². The Bertz CT molecular complexity index is 444. The smallest absolute Gasteiger partial charge is 0.249 e. The summed E-state index contributed by atoms with van der Waals surface area (Å²) in [5.74, 6) is 1.25. The molecule has 0 amide bonds. The Balaban J connectivity index is 2.34. The van der Waals surface area contributed by atoms with Crippen LogP contribution in [0.25, 0.3) is 4.48 Å². The van der Waals surface area contributed by atoms with Gasteiger partial charge in [0.25, 0.3) is 0 Å². The van der Waals surface area contributed by atoms with E-state index in [1.54, 1.807) is 18.2 Å². The maximum atomic E-state index is 10.3. The Hall–Kier alpha value is -1.56. The van der Waals surface area contributed by atoms with Crippen molar-refractivity contribution in [1.82, 2.24) is 0 Å². The Morgan fingerprint density at radius 3 is 2.93 bits per heavy atom. The lowest BCUT2D eigenvalue weighted by atomic mass is 10.2. The van der Waals surface area contributed by atoms with E-state index in [-0.39, 0.29) is 6.79 Å². The standard InChI is InChI=1S/C9H6BrNO4/c10-7(4-11(12)13)6-1-2-8-9(3-6)15-5-14-8/h1-4H,5H2/b7-4-. The fourth-order valence-electron chi connectivity index (χ4n) is 1.21. The summed E-state index contributed by atoms with van der Waals surface area (Å²) in [7, 11) is 0. The normalized spacial score (nSPS) is 14.1. The van der Waals surface area contributed by atoms with E-state index < -0.39 is 4.92 Å². The second kappa shape index (κ2) is 3.90. The third kappa shape index (κ3) is 2.10. The molecule has 15 heavy (non-hydrogen) atoms. The quantitative estimate of drug-likeness (QED) is 0.612. The molecule has 0 spiro atoms. The summed E-state index contributed by atoms with van der Waals surface area (Å²) in [6.45, 7) is 0.190. The molecule has 0 N–H and O–H groups in total. The van der Waals surface area contributed by atoms with Crippen LogP contribution in [0.15, 0.2) is 24.4 Å². The summed E-state index contributed by atoms with van der Waals surface area (Å²) in [6.07, 6.45) is 0.886. The van der Waals surface area contributed by atoms with Crippen LogP contribution in [0, 0.1) is 10.1 Å². The first-order valence-electron chi connectivity index (χ1n) is 4.07. The molecule has 6 heteroatoms. The molecule has 0 bridgehead atoms. The maximum Gasteiger partial charge on any atom is 0.249 e. The number of fused-ring (bicyclic) bond motifs is 1. The van der Waals surface area contributed by atoms with Gasteiger partial charge in [0.15, 0.2) is 11.5 Å². The average molecular weight is 272 g/mol. The molecular weight excluding hydrogens is 266 g/mol. The van der Waals surface area contributed by atoms with Crippen molar-refractivity contribution in [2.24, 2.45) is 0 Å². The van der Waals surface area contributed by atoms with Crippen LogP contribution in [-0.2, 0) is 0 Å². The molecule has 0 fully saturated rings. The number of benzene rings is 1. The topological polar surface area (TPSA) is 61.6 Å². The Morgan fingerprint density at radius 2 is 2.20 bits per heavy atom. The minimum atomic E-state index is -0.519. The summed E-state index contributed by atoms with van der Waals surface area (Å²) < 4.78 is 10.7. The van der Waals surface area contributed by atoms with Gasteiger partial charge in [-0.2, -0.15) is 0 Å². The molecule has 0 aliphatic carbocycles. The van der Waals surface area contributed by atoms with E-state index in [9.17, 15) is 10.1 Å². The average Bonchev–Trinajstić information content (AvgIpc) is 2.62. The van der Waals surface area contributed by atoms with Gasteiger partial charge in [-0.25, -0.2) is 0 Å². The van der Waals surface area contributed by atoms with E-state index >= 15 is 0 Å². The second-order valence-corrected chi connectivity index (χ2v) is 3.68. The van der Waals surface area contributed by atoms with E-state index in [4.69, 9.17) is 9.47 Å². The number of halogens is 1. The number of ether oxygens (including phenoxy) is 2. The Morgan fingerprint density at radius 1 is 1.47 bits per heavy atom. The van der Waals surface area contributed by atoms with E-state index in [0.29, 0.717) is 21.5 Å². The fourth-order valence-corrected chi connectivity index (χ4v) is 1.63. The molecule has 0 saturated carbocycles. The Kier molecular flexibility index (Phi) is 2.59. The van der Waals surface area contributed by atoms with Crippen molar-refractivity contribution in [2.75, 3.05) is 6.79 Å². The van der Waals surface area contributed by atoms with Gasteiger partial charge < -0.3 is 9.47 Å². The van der Waals surface area contributed by atoms with Gasteiger partial charge in [-0.3, -0.25) is 10.1 Å². The highest BCUT2D eigenvalue weighted by Gasteiger charge is 2.14. The molecule has 1 aromatic rings. The van der Waals surface area contributed by atoms with Crippen molar-refractivity contribution < 1.29 is 14.4 Å². The number of nitro groups is 1. The van der Waals surface area contributed by atoms with Gasteiger partial charge in [-0.1, -0.05) is 0 Å². The lowest BCUT2D eigenvalue weighted by molar-refractivity contribution is -0.401. The first-order valence-corrected chi connectivity index (χ1v) is 4.87. The highest BCUT2D eigenvalue weighted by molar-refractivity contribution is 9.15. The third-order valence-electron chi connectivity index (χ3n) is 1.87. The monoisotopic (exact) mass is 271 g/mol. The summed E-state index contributed by atoms with van der Waals surface area (Å²) >= 11 is 3.12. The van der Waals surface area contributed by atoms with Crippen molar-refractivity contribution >= 4 is 20.4 Å². The summed E-state index contributed by atoms with van der Waals surface area (Å²) in [4.78, 5) is 9.74. The molecule has 1 aliphatic rings. The van der Waals surface area contributed by atoms with Crippen LogP contribution < -0.4 is 9.47 Å². The SMILES string of the molecule is O=[N+]([O-])/C=C(\Br)c1ccc2c(c1)OCO2. The minimum Gasteiger partial charge on any atom is -0.454 e. The molecule has 2 rings (SSSR count). The second-order valence-electron chi connectivity index (χ2n) is 2.83. The van der Waals surface area contributed by atoms with Crippen molar-refractivity contribution in [3.63, 3.8) is 0 Å². The van der Waals surface area contributed by atoms with Gasteiger partial charge in [0, 0.05) is 0 Å². The minimum absolute atomic E-state index is 0.190. The molecule has 5 nitrogen and oxygen atoms in total. The fraction of sp³-hybridized carbons (Fsp3) is 0.111. The third-order valence-corrected chi connectivity index (χ3v) is 2.53. The highest BCUT2D eigenvalue weighted by Crippen LogP contribution is 2.35. The van der Waals surface area contributed by atoms with E-state index in [1.165, 1.54) is 0 Å². The molecule has 1 aliphatic heterocycles. The number of nitrogens with zero attached hydrogens (tertiary/aromatic N) is 1. The van der Waals surface area contributed by atoms with Crippen LogP contribution in [0.2, 0.25) is 0 Å². The summed E-state index contributed by atoms with van der Waals surface area (Å²) in [6, 6.07) is 5.12. The largest absolute Gasteiger partial charge is 0.454 e. The van der Waals surface area contributed by atoms with Crippen molar-refractivity contribution in [2.45, 2.75) is 0 Å². The van der Waals surface area contributed by atoms with Crippen LogP contribution in [-0.4, -0.2) is 11.7 Å². The summed E-state index contributed by atoms with van der Waals surface area (Å²) in [5.41, 5.74) is 0.677. The predicted molar refractivity (Wildman–Crippen MR) is 56.5 cm³/mol. The zero-order valence-corrected chi connectivity index (χ0v) is 9.06. The van der Waals surface area contributed by atoms with Crippen LogP contribution in [0.1, 0.15) is 5.56 Å². The van der Waals surface area contributed by atoms with Crippen molar-refractivity contribution in [3.8, 4) is 11.5 Å². The number of rotatable bonds is 2. The predicted octanol–water partition coefficient (Wildman–Crippen LogP) is 2.39. The molecule has 78 valence electrons.